The van der Waals surface area contributed by atoms with Crippen LogP contribution in [-0.2, 0) is 4.74 Å². The van der Waals surface area contributed by atoms with Crippen LogP contribution in [-0.4, -0.2) is 38.6 Å². The lowest BCUT2D eigenvalue weighted by molar-refractivity contribution is 0.146. The third-order valence-corrected chi connectivity index (χ3v) is 7.76. The fourth-order valence-electron chi connectivity index (χ4n) is 5.20. The highest BCUT2D eigenvalue weighted by Crippen LogP contribution is 2.33. The Balaban J connectivity index is 1.43. The van der Waals surface area contributed by atoms with Gasteiger partial charge >= 0.3 is 0 Å². The number of aliphatic hydroxyl groups is 1. The average molecular weight is 567 g/mol. The molecule has 4 nitrogen and oxygen atoms in total. The quantitative estimate of drug-likeness (QED) is 0.131. The van der Waals surface area contributed by atoms with Gasteiger partial charge in [-0.15, -0.1) is 0 Å². The number of hydrogen-bond acceptors (Lipinski definition) is 4. The molecule has 42 heavy (non-hydrogen) atoms. The smallest absolute Gasteiger partial charge is 0.123 e. The molecular formula is C38H46O4. The van der Waals surface area contributed by atoms with Crippen LogP contribution in [0.25, 0.3) is 27.8 Å². The Morgan fingerprint density at radius 2 is 1.40 bits per heavy atom. The summed E-state index contributed by atoms with van der Waals surface area (Å²) in [5, 5.41) is 9.12. The fourth-order valence-corrected chi connectivity index (χ4v) is 5.20. The van der Waals surface area contributed by atoms with E-state index in [1.54, 1.807) is 7.11 Å². The molecule has 1 N–H and O–H groups in total. The van der Waals surface area contributed by atoms with Gasteiger partial charge in [0.15, 0.2) is 0 Å². The van der Waals surface area contributed by atoms with Gasteiger partial charge in [0.05, 0.1) is 13.2 Å². The third-order valence-electron chi connectivity index (χ3n) is 7.76. The number of ether oxygens (including phenoxy) is 3. The second kappa shape index (κ2) is 16.7. The van der Waals surface area contributed by atoms with Crippen LogP contribution in [0.3, 0.4) is 0 Å². The molecule has 0 saturated carbocycles. The molecule has 0 bridgehead atoms. The molecule has 3 aromatic rings. The summed E-state index contributed by atoms with van der Waals surface area (Å²) in [6, 6.07) is 23.5. The Bertz CT molecular complexity index is 1320. The zero-order valence-corrected chi connectivity index (χ0v) is 25.3. The lowest BCUT2D eigenvalue weighted by Crippen LogP contribution is -2.05. The van der Waals surface area contributed by atoms with E-state index >= 15 is 0 Å². The molecule has 0 saturated heterocycles. The molecule has 0 heterocycles. The van der Waals surface area contributed by atoms with Crippen LogP contribution < -0.4 is 9.47 Å². The van der Waals surface area contributed by atoms with Gasteiger partial charge in [-0.25, -0.2) is 0 Å². The van der Waals surface area contributed by atoms with Gasteiger partial charge in [0.25, 0.3) is 0 Å². The highest BCUT2D eigenvalue weighted by atomic mass is 16.5. The predicted octanol–water partition coefficient (Wildman–Crippen LogP) is 9.29. The SMILES string of the molecule is C=C(CCO)CCOc1cc(OCCOC)cc(-c2ccc(-c3ccc(C4=CCC(CCCCC)C=C4)cc3)cc2)c1. The van der Waals surface area contributed by atoms with Crippen molar-refractivity contribution in [3.05, 3.63) is 103 Å². The predicted molar refractivity (Wildman–Crippen MR) is 175 cm³/mol. The Morgan fingerprint density at radius 1 is 0.786 bits per heavy atom. The lowest BCUT2D eigenvalue weighted by Gasteiger charge is -2.16. The van der Waals surface area contributed by atoms with Gasteiger partial charge < -0.3 is 19.3 Å². The van der Waals surface area contributed by atoms with E-state index in [-0.39, 0.29) is 6.61 Å². The second-order valence-electron chi connectivity index (χ2n) is 11.0. The molecule has 222 valence electrons. The molecule has 1 aliphatic rings. The molecule has 4 heteroatoms. The summed E-state index contributed by atoms with van der Waals surface area (Å²) in [6.45, 7) is 7.86. The molecule has 3 aromatic carbocycles. The molecule has 1 aliphatic carbocycles. The first kappa shape index (κ1) is 31.3. The highest BCUT2D eigenvalue weighted by Gasteiger charge is 2.11. The minimum absolute atomic E-state index is 0.112. The summed E-state index contributed by atoms with van der Waals surface area (Å²) >= 11 is 0. The molecule has 0 aromatic heterocycles. The van der Waals surface area contributed by atoms with E-state index in [0.717, 1.165) is 34.6 Å². The molecule has 0 fully saturated rings. The second-order valence-corrected chi connectivity index (χ2v) is 11.0. The number of allylic oxidation sites excluding steroid dienone is 4. The first-order valence-electron chi connectivity index (χ1n) is 15.4. The van der Waals surface area contributed by atoms with Crippen molar-refractivity contribution in [2.75, 3.05) is 33.5 Å². The van der Waals surface area contributed by atoms with Gasteiger partial charge in [-0.05, 0) is 70.7 Å². The molecule has 1 atom stereocenters. The standard InChI is InChI=1S/C38H46O4/c1-4-5-6-7-30-8-10-31(11-9-30)32-12-14-33(15-13-32)34-16-18-35(19-17-34)36-26-37(41-23-21-29(2)20-22-39)28-38(27-36)42-25-24-40-3/h8,10-19,26-28,30,39H,2,4-7,9,20-25H2,1,3H3. The zero-order chi connectivity index (χ0) is 29.6. The van der Waals surface area contributed by atoms with Crippen molar-refractivity contribution in [2.24, 2.45) is 5.92 Å². The van der Waals surface area contributed by atoms with Crippen LogP contribution in [0, 0.1) is 5.92 Å². The van der Waals surface area contributed by atoms with Gasteiger partial charge in [-0.2, -0.15) is 0 Å². The van der Waals surface area contributed by atoms with Crippen LogP contribution in [0.15, 0.2) is 97.1 Å². The molecular weight excluding hydrogens is 520 g/mol. The Hall–Kier alpha value is -3.60. The molecule has 4 rings (SSSR count). The van der Waals surface area contributed by atoms with E-state index in [0.29, 0.717) is 38.6 Å². The van der Waals surface area contributed by atoms with Crippen molar-refractivity contribution >= 4 is 5.57 Å². The molecule has 0 aliphatic heterocycles. The highest BCUT2D eigenvalue weighted by molar-refractivity contribution is 5.77. The molecule has 1 unspecified atom stereocenters. The minimum atomic E-state index is 0.112. The Kier molecular flexibility index (Phi) is 12.5. The van der Waals surface area contributed by atoms with Gasteiger partial charge in [0.1, 0.15) is 18.1 Å². The summed E-state index contributed by atoms with van der Waals surface area (Å²) in [5.74, 6) is 2.18. The van der Waals surface area contributed by atoms with Gasteiger partial charge in [0, 0.05) is 26.2 Å². The maximum atomic E-state index is 9.12. The first-order chi connectivity index (χ1) is 20.6. The van der Waals surface area contributed by atoms with E-state index in [1.807, 2.05) is 18.2 Å². The fraction of sp³-hybridized carbons (Fsp3) is 0.368. The summed E-state index contributed by atoms with van der Waals surface area (Å²) in [4.78, 5) is 0. The van der Waals surface area contributed by atoms with Crippen molar-refractivity contribution in [1.82, 2.24) is 0 Å². The maximum absolute atomic E-state index is 9.12. The van der Waals surface area contributed by atoms with E-state index in [2.05, 4.69) is 80.3 Å². The number of aliphatic hydroxyl groups excluding tert-OH is 1. The van der Waals surface area contributed by atoms with Crippen molar-refractivity contribution in [3.63, 3.8) is 0 Å². The summed E-state index contributed by atoms with van der Waals surface area (Å²) in [6.07, 6.45) is 14.8. The average Bonchev–Trinajstić information content (AvgIpc) is 3.02. The maximum Gasteiger partial charge on any atom is 0.123 e. The molecule has 0 amide bonds. The number of hydrogen-bond donors (Lipinski definition) is 1. The van der Waals surface area contributed by atoms with E-state index in [1.165, 1.54) is 47.9 Å². The molecule has 0 radical (unpaired) electrons. The van der Waals surface area contributed by atoms with Crippen molar-refractivity contribution < 1.29 is 19.3 Å². The number of methoxy groups -OCH3 is 1. The van der Waals surface area contributed by atoms with E-state index < -0.39 is 0 Å². The summed E-state index contributed by atoms with van der Waals surface area (Å²) in [5.41, 5.74) is 8.08. The van der Waals surface area contributed by atoms with Crippen molar-refractivity contribution in [2.45, 2.75) is 51.9 Å². The number of benzene rings is 3. The third kappa shape index (κ3) is 9.47. The van der Waals surface area contributed by atoms with Gasteiger partial charge in [0.2, 0.25) is 0 Å². The van der Waals surface area contributed by atoms with Crippen molar-refractivity contribution in [3.8, 4) is 33.8 Å². The normalized spacial score (nSPS) is 14.5. The summed E-state index contributed by atoms with van der Waals surface area (Å²) < 4.78 is 17.1. The van der Waals surface area contributed by atoms with Crippen molar-refractivity contribution in [1.29, 1.82) is 0 Å². The largest absolute Gasteiger partial charge is 0.493 e. The van der Waals surface area contributed by atoms with Crippen LogP contribution in [0.4, 0.5) is 0 Å². The lowest BCUT2D eigenvalue weighted by atomic mass is 9.89. The zero-order valence-electron chi connectivity index (χ0n) is 25.3. The van der Waals surface area contributed by atoms with Crippen LogP contribution in [0.2, 0.25) is 0 Å². The van der Waals surface area contributed by atoms with Crippen LogP contribution in [0.5, 0.6) is 11.5 Å². The van der Waals surface area contributed by atoms with E-state index in [4.69, 9.17) is 19.3 Å². The van der Waals surface area contributed by atoms with Crippen LogP contribution >= 0.6 is 0 Å². The Morgan fingerprint density at radius 3 is 1.98 bits per heavy atom. The summed E-state index contributed by atoms with van der Waals surface area (Å²) in [7, 11) is 1.66. The first-order valence-corrected chi connectivity index (χ1v) is 15.4. The van der Waals surface area contributed by atoms with Gasteiger partial charge in [-0.1, -0.05) is 105 Å². The Labute approximate surface area is 252 Å². The van der Waals surface area contributed by atoms with Gasteiger partial charge in [-0.3, -0.25) is 0 Å². The monoisotopic (exact) mass is 566 g/mol. The molecule has 0 spiro atoms. The van der Waals surface area contributed by atoms with Crippen LogP contribution in [0.1, 0.15) is 57.4 Å². The topological polar surface area (TPSA) is 47.9 Å². The number of unbranched alkanes of at least 4 members (excludes halogenated alkanes) is 2. The minimum Gasteiger partial charge on any atom is -0.493 e. The number of rotatable bonds is 17. The van der Waals surface area contributed by atoms with E-state index in [9.17, 15) is 0 Å².